The molecule has 7 heteroatoms. The van der Waals surface area contributed by atoms with E-state index >= 15 is 0 Å². The summed E-state index contributed by atoms with van der Waals surface area (Å²) in [5.74, 6) is -0.949. The highest BCUT2D eigenvalue weighted by Crippen LogP contribution is 2.07. The third kappa shape index (κ3) is 5.34. The van der Waals surface area contributed by atoms with Crippen molar-refractivity contribution in [1.82, 2.24) is 10.4 Å². The van der Waals surface area contributed by atoms with E-state index in [1.54, 1.807) is 6.92 Å². The number of hydrogen-bond donors (Lipinski definition) is 2. The number of nitrogens with zero attached hydrogens (tertiary/aromatic N) is 1. The van der Waals surface area contributed by atoms with E-state index in [9.17, 15) is 14.7 Å². The first kappa shape index (κ1) is 17.9. The minimum atomic E-state index is -0.932. The normalized spacial score (nSPS) is 13.1. The SMILES string of the molecule is CON(C)C(=O)C(NC(=O)OCc1ccccc1)C(C)CO. The van der Waals surface area contributed by atoms with Gasteiger partial charge in [-0.1, -0.05) is 37.3 Å². The highest BCUT2D eigenvalue weighted by molar-refractivity contribution is 5.85. The minimum Gasteiger partial charge on any atom is -0.445 e. The average Bonchev–Trinajstić information content (AvgIpc) is 2.56. The van der Waals surface area contributed by atoms with E-state index in [1.165, 1.54) is 14.2 Å². The molecule has 0 spiro atoms. The van der Waals surface area contributed by atoms with E-state index in [2.05, 4.69) is 5.32 Å². The second kappa shape index (κ2) is 9.01. The zero-order valence-electron chi connectivity index (χ0n) is 13.0. The molecule has 122 valence electrons. The van der Waals surface area contributed by atoms with Crippen LogP contribution in [0.1, 0.15) is 12.5 Å². The number of ether oxygens (including phenoxy) is 1. The number of aliphatic hydroxyl groups excluding tert-OH is 1. The van der Waals surface area contributed by atoms with Crippen molar-refractivity contribution >= 4 is 12.0 Å². The molecule has 2 amide bonds. The van der Waals surface area contributed by atoms with E-state index in [0.717, 1.165) is 10.6 Å². The Kier molecular flexibility index (Phi) is 7.34. The molecule has 0 saturated carbocycles. The van der Waals surface area contributed by atoms with Gasteiger partial charge in [-0.05, 0) is 5.56 Å². The molecule has 0 fully saturated rings. The van der Waals surface area contributed by atoms with Crippen LogP contribution in [0.4, 0.5) is 4.79 Å². The summed E-state index contributed by atoms with van der Waals surface area (Å²) < 4.78 is 5.07. The molecule has 2 N–H and O–H groups in total. The van der Waals surface area contributed by atoms with Crippen molar-refractivity contribution in [3.63, 3.8) is 0 Å². The zero-order valence-corrected chi connectivity index (χ0v) is 13.0. The van der Waals surface area contributed by atoms with Gasteiger partial charge in [0, 0.05) is 19.6 Å². The zero-order chi connectivity index (χ0) is 16.5. The predicted octanol–water partition coefficient (Wildman–Crippen LogP) is 0.930. The molecule has 0 heterocycles. The van der Waals surface area contributed by atoms with Crippen molar-refractivity contribution in [3.05, 3.63) is 35.9 Å². The van der Waals surface area contributed by atoms with E-state index in [4.69, 9.17) is 9.57 Å². The van der Waals surface area contributed by atoms with Gasteiger partial charge in [0.05, 0.1) is 7.11 Å². The van der Waals surface area contributed by atoms with Crippen LogP contribution in [0.15, 0.2) is 30.3 Å². The van der Waals surface area contributed by atoms with Gasteiger partial charge in [-0.2, -0.15) is 0 Å². The quantitative estimate of drug-likeness (QED) is 0.732. The highest BCUT2D eigenvalue weighted by atomic mass is 16.7. The number of amides is 2. The summed E-state index contributed by atoms with van der Waals surface area (Å²) in [6.07, 6.45) is -0.730. The molecule has 0 aliphatic carbocycles. The first-order valence-electron chi connectivity index (χ1n) is 6.89. The number of likely N-dealkylation sites (N-methyl/N-ethyl adjacent to an activating group) is 1. The third-order valence-corrected chi connectivity index (χ3v) is 3.19. The molecule has 0 aromatic heterocycles. The number of benzene rings is 1. The molecule has 22 heavy (non-hydrogen) atoms. The molecule has 0 aliphatic rings. The number of carbonyl (C=O) groups excluding carboxylic acids is 2. The molecule has 1 rings (SSSR count). The number of hydrogen-bond acceptors (Lipinski definition) is 5. The molecule has 0 radical (unpaired) electrons. The number of rotatable bonds is 7. The minimum absolute atomic E-state index is 0.0984. The Morgan fingerprint density at radius 2 is 1.95 bits per heavy atom. The van der Waals surface area contributed by atoms with Gasteiger partial charge in [-0.25, -0.2) is 9.86 Å². The maximum absolute atomic E-state index is 12.1. The van der Waals surface area contributed by atoms with Gasteiger partial charge >= 0.3 is 6.09 Å². The van der Waals surface area contributed by atoms with Crippen molar-refractivity contribution < 1.29 is 24.3 Å². The Morgan fingerprint density at radius 1 is 1.32 bits per heavy atom. The Labute approximate surface area is 129 Å². The Balaban J connectivity index is 2.61. The van der Waals surface area contributed by atoms with Gasteiger partial charge in [-0.3, -0.25) is 9.63 Å². The van der Waals surface area contributed by atoms with E-state index < -0.39 is 24.0 Å². The van der Waals surface area contributed by atoms with E-state index in [-0.39, 0.29) is 13.2 Å². The fourth-order valence-electron chi connectivity index (χ4n) is 1.73. The number of hydroxylamine groups is 2. The Bertz CT molecular complexity index is 480. The summed E-state index contributed by atoms with van der Waals surface area (Å²) in [7, 11) is 2.77. The topological polar surface area (TPSA) is 88.1 Å². The summed E-state index contributed by atoms with van der Waals surface area (Å²) in [5, 5.41) is 12.7. The van der Waals surface area contributed by atoms with Gasteiger partial charge in [0.1, 0.15) is 12.6 Å². The van der Waals surface area contributed by atoms with Crippen LogP contribution in [0.3, 0.4) is 0 Å². The maximum atomic E-state index is 12.1. The molecule has 0 aliphatic heterocycles. The van der Waals surface area contributed by atoms with Crippen LogP contribution in [0.5, 0.6) is 0 Å². The van der Waals surface area contributed by atoms with E-state index in [1.807, 2.05) is 30.3 Å². The summed E-state index contributed by atoms with van der Waals surface area (Å²) >= 11 is 0. The monoisotopic (exact) mass is 310 g/mol. The lowest BCUT2D eigenvalue weighted by Gasteiger charge is -2.26. The largest absolute Gasteiger partial charge is 0.445 e. The van der Waals surface area contributed by atoms with Gasteiger partial charge in [-0.15, -0.1) is 0 Å². The van der Waals surface area contributed by atoms with Crippen molar-refractivity contribution in [3.8, 4) is 0 Å². The molecule has 0 bridgehead atoms. The Morgan fingerprint density at radius 3 is 2.50 bits per heavy atom. The van der Waals surface area contributed by atoms with E-state index in [0.29, 0.717) is 0 Å². The van der Waals surface area contributed by atoms with Gasteiger partial charge in [0.25, 0.3) is 5.91 Å². The summed E-state index contributed by atoms with van der Waals surface area (Å²) in [6.45, 7) is 1.48. The van der Waals surface area contributed by atoms with Crippen LogP contribution >= 0.6 is 0 Å². The molecule has 0 saturated heterocycles. The fraction of sp³-hybridized carbons (Fsp3) is 0.467. The van der Waals surface area contributed by atoms with Crippen LogP contribution in [0, 0.1) is 5.92 Å². The second-order valence-electron chi connectivity index (χ2n) is 4.86. The van der Waals surface area contributed by atoms with Gasteiger partial charge in [0.2, 0.25) is 0 Å². The second-order valence-corrected chi connectivity index (χ2v) is 4.86. The summed E-state index contributed by atoms with van der Waals surface area (Å²) in [6, 6.07) is 8.25. The average molecular weight is 310 g/mol. The molecule has 2 unspecified atom stereocenters. The first-order chi connectivity index (χ1) is 10.5. The van der Waals surface area contributed by atoms with Crippen molar-refractivity contribution in [2.75, 3.05) is 20.8 Å². The van der Waals surface area contributed by atoms with Crippen molar-refractivity contribution in [2.24, 2.45) is 5.92 Å². The van der Waals surface area contributed by atoms with Gasteiger partial charge < -0.3 is 15.2 Å². The summed E-state index contributed by atoms with van der Waals surface area (Å²) in [4.78, 5) is 28.7. The molecule has 1 aromatic carbocycles. The van der Waals surface area contributed by atoms with Gasteiger partial charge in [0.15, 0.2) is 0 Å². The van der Waals surface area contributed by atoms with Crippen LogP contribution in [0.25, 0.3) is 0 Å². The van der Waals surface area contributed by atoms with Crippen molar-refractivity contribution in [1.29, 1.82) is 0 Å². The highest BCUT2D eigenvalue weighted by Gasteiger charge is 2.29. The molecule has 2 atom stereocenters. The standard InChI is InChI=1S/C15H22N2O5/c1-11(9-18)13(14(19)17(2)21-3)16-15(20)22-10-12-7-5-4-6-8-12/h4-8,11,13,18H,9-10H2,1-3H3,(H,16,20). The van der Waals surface area contributed by atoms with Crippen LogP contribution in [-0.2, 0) is 21.0 Å². The lowest BCUT2D eigenvalue weighted by Crippen LogP contribution is -2.51. The summed E-state index contributed by atoms with van der Waals surface area (Å²) in [5.41, 5.74) is 0.838. The molecule has 1 aromatic rings. The Hall–Kier alpha value is -2.12. The number of aliphatic hydroxyl groups is 1. The first-order valence-corrected chi connectivity index (χ1v) is 6.89. The maximum Gasteiger partial charge on any atom is 0.408 e. The van der Waals surface area contributed by atoms with Crippen LogP contribution in [-0.4, -0.2) is 49.0 Å². The lowest BCUT2D eigenvalue weighted by atomic mass is 10.0. The predicted molar refractivity (Wildman–Crippen MR) is 79.6 cm³/mol. The van der Waals surface area contributed by atoms with Crippen LogP contribution < -0.4 is 5.32 Å². The smallest absolute Gasteiger partial charge is 0.408 e. The molecule has 7 nitrogen and oxygen atoms in total. The van der Waals surface area contributed by atoms with Crippen molar-refractivity contribution in [2.45, 2.75) is 19.6 Å². The number of nitrogens with one attached hydrogen (secondary N) is 1. The third-order valence-electron chi connectivity index (χ3n) is 3.19. The fourth-order valence-corrected chi connectivity index (χ4v) is 1.73. The molecular weight excluding hydrogens is 288 g/mol. The van der Waals surface area contributed by atoms with Crippen LogP contribution in [0.2, 0.25) is 0 Å². The lowest BCUT2D eigenvalue weighted by molar-refractivity contribution is -0.172. The number of alkyl carbamates (subject to hydrolysis) is 1. The number of carbonyl (C=O) groups is 2. The molecular formula is C15H22N2O5.